The van der Waals surface area contributed by atoms with Gasteiger partial charge in [-0.15, -0.1) is 0 Å². The molecule has 0 spiro atoms. The highest BCUT2D eigenvalue weighted by molar-refractivity contribution is 7.86. The minimum atomic E-state index is -3.42. The molecule has 0 N–H and O–H groups in total. The second-order valence-electron chi connectivity index (χ2n) is 6.84. The molecule has 25 heavy (non-hydrogen) atoms. The number of furan rings is 1. The molecule has 2 fully saturated rings. The predicted molar refractivity (Wildman–Crippen MR) is 94.6 cm³/mol. The van der Waals surface area contributed by atoms with Crippen molar-refractivity contribution in [2.45, 2.75) is 39.5 Å². The van der Waals surface area contributed by atoms with Crippen LogP contribution in [-0.2, 0) is 10.2 Å². The second kappa shape index (κ2) is 7.47. The third kappa shape index (κ3) is 3.91. The van der Waals surface area contributed by atoms with Crippen molar-refractivity contribution in [3.8, 4) is 0 Å². The molecular formula is C17H27N3O4S. The molecule has 2 aliphatic heterocycles. The van der Waals surface area contributed by atoms with Crippen LogP contribution in [0.1, 0.15) is 47.6 Å². The maximum atomic E-state index is 12.8. The van der Waals surface area contributed by atoms with Crippen LogP contribution < -0.4 is 0 Å². The average molecular weight is 369 g/mol. The van der Waals surface area contributed by atoms with Crippen LogP contribution in [0.5, 0.6) is 0 Å². The normalized spacial score (nSPS) is 21.3. The molecule has 2 saturated heterocycles. The first-order chi connectivity index (χ1) is 11.9. The molecule has 140 valence electrons. The van der Waals surface area contributed by atoms with Crippen molar-refractivity contribution < 1.29 is 17.6 Å². The van der Waals surface area contributed by atoms with Gasteiger partial charge >= 0.3 is 0 Å². The number of carbonyl (C=O) groups excluding carboxylic acids is 1. The van der Waals surface area contributed by atoms with Crippen LogP contribution in [0.2, 0.25) is 0 Å². The summed E-state index contributed by atoms with van der Waals surface area (Å²) >= 11 is 0. The Balaban J connectivity index is 1.63. The molecule has 1 aromatic rings. The predicted octanol–water partition coefficient (Wildman–Crippen LogP) is 1.78. The zero-order chi connectivity index (χ0) is 18.0. The van der Waals surface area contributed by atoms with Gasteiger partial charge in [-0.2, -0.15) is 17.0 Å². The Hall–Kier alpha value is -1.38. The molecule has 1 aromatic heterocycles. The van der Waals surface area contributed by atoms with Crippen molar-refractivity contribution in [1.82, 2.24) is 13.5 Å². The molecule has 3 heterocycles. The molecule has 1 amide bonds. The van der Waals surface area contributed by atoms with E-state index in [1.54, 1.807) is 22.2 Å². The van der Waals surface area contributed by atoms with E-state index < -0.39 is 10.2 Å². The first-order valence-corrected chi connectivity index (χ1v) is 10.4. The number of rotatable bonds is 3. The SMILES string of the molecule is Cc1cc(C(=O)N2CCN(S(=O)(=O)N3CCCCCC3)CC2)c(C)o1. The Morgan fingerprint density at radius 3 is 2.00 bits per heavy atom. The Bertz CT molecular complexity index is 712. The molecule has 0 radical (unpaired) electrons. The van der Waals surface area contributed by atoms with Gasteiger partial charge in [0.1, 0.15) is 11.5 Å². The first kappa shape index (κ1) is 18.4. The van der Waals surface area contributed by atoms with Crippen molar-refractivity contribution >= 4 is 16.1 Å². The zero-order valence-corrected chi connectivity index (χ0v) is 15.8. The zero-order valence-electron chi connectivity index (χ0n) is 15.0. The van der Waals surface area contributed by atoms with Gasteiger partial charge in [-0.3, -0.25) is 4.79 Å². The molecule has 7 nitrogen and oxygen atoms in total. The van der Waals surface area contributed by atoms with Crippen molar-refractivity contribution in [2.24, 2.45) is 0 Å². The summed E-state index contributed by atoms with van der Waals surface area (Å²) < 4.78 is 34.2. The molecule has 8 heteroatoms. The van der Waals surface area contributed by atoms with Crippen molar-refractivity contribution in [1.29, 1.82) is 0 Å². The van der Waals surface area contributed by atoms with E-state index in [9.17, 15) is 13.2 Å². The average Bonchev–Trinajstić information content (AvgIpc) is 2.81. The molecule has 0 saturated carbocycles. The highest BCUT2D eigenvalue weighted by atomic mass is 32.2. The van der Waals surface area contributed by atoms with Crippen LogP contribution >= 0.6 is 0 Å². The second-order valence-corrected chi connectivity index (χ2v) is 8.77. The van der Waals surface area contributed by atoms with E-state index in [0.29, 0.717) is 56.4 Å². The minimum absolute atomic E-state index is 0.0822. The van der Waals surface area contributed by atoms with Gasteiger partial charge in [0.05, 0.1) is 5.56 Å². The van der Waals surface area contributed by atoms with Crippen LogP contribution in [0.25, 0.3) is 0 Å². The maximum Gasteiger partial charge on any atom is 0.282 e. The van der Waals surface area contributed by atoms with Gasteiger partial charge in [0.15, 0.2) is 0 Å². The molecule has 0 bridgehead atoms. The third-order valence-electron chi connectivity index (χ3n) is 5.01. The summed E-state index contributed by atoms with van der Waals surface area (Å²) in [5, 5.41) is 0. The van der Waals surface area contributed by atoms with Gasteiger partial charge in [-0.25, -0.2) is 0 Å². The summed E-state index contributed by atoms with van der Waals surface area (Å²) in [6.07, 6.45) is 4.04. The van der Waals surface area contributed by atoms with E-state index in [1.165, 1.54) is 4.31 Å². The van der Waals surface area contributed by atoms with E-state index in [0.717, 1.165) is 25.7 Å². The number of hydrogen-bond acceptors (Lipinski definition) is 4. The van der Waals surface area contributed by atoms with Crippen LogP contribution in [-0.4, -0.2) is 67.1 Å². The molecule has 0 aliphatic carbocycles. The van der Waals surface area contributed by atoms with E-state index in [1.807, 2.05) is 6.92 Å². The topological polar surface area (TPSA) is 74.1 Å². The Kier molecular flexibility index (Phi) is 5.50. The lowest BCUT2D eigenvalue weighted by atomic mass is 10.2. The number of amides is 1. The van der Waals surface area contributed by atoms with E-state index in [2.05, 4.69) is 0 Å². The van der Waals surface area contributed by atoms with Gasteiger partial charge in [-0.05, 0) is 32.8 Å². The number of nitrogens with zero attached hydrogens (tertiary/aromatic N) is 3. The van der Waals surface area contributed by atoms with E-state index in [4.69, 9.17) is 4.42 Å². The molecule has 0 aromatic carbocycles. The molecule has 2 aliphatic rings. The van der Waals surface area contributed by atoms with E-state index in [-0.39, 0.29) is 5.91 Å². The van der Waals surface area contributed by atoms with Gasteiger partial charge in [-0.1, -0.05) is 12.8 Å². The Labute approximate surface area is 149 Å². The van der Waals surface area contributed by atoms with Crippen molar-refractivity contribution in [2.75, 3.05) is 39.3 Å². The molecule has 3 rings (SSSR count). The minimum Gasteiger partial charge on any atom is -0.466 e. The summed E-state index contributed by atoms with van der Waals surface area (Å²) in [6.45, 7) is 6.33. The maximum absolute atomic E-state index is 12.8. The quantitative estimate of drug-likeness (QED) is 0.814. The fraction of sp³-hybridized carbons (Fsp3) is 0.706. The van der Waals surface area contributed by atoms with Crippen LogP contribution in [0.15, 0.2) is 10.5 Å². The van der Waals surface area contributed by atoms with Crippen molar-refractivity contribution in [3.63, 3.8) is 0 Å². The summed E-state index contributed by atoms with van der Waals surface area (Å²) in [6, 6.07) is 1.75. The van der Waals surface area contributed by atoms with Crippen LogP contribution in [0.3, 0.4) is 0 Å². The van der Waals surface area contributed by atoms with Gasteiger partial charge in [0.2, 0.25) is 0 Å². The lowest BCUT2D eigenvalue weighted by Crippen LogP contribution is -2.54. The third-order valence-corrected chi connectivity index (χ3v) is 7.05. The Morgan fingerprint density at radius 2 is 1.48 bits per heavy atom. The highest BCUT2D eigenvalue weighted by Crippen LogP contribution is 2.20. The van der Waals surface area contributed by atoms with E-state index >= 15 is 0 Å². The molecule has 0 unspecified atom stereocenters. The van der Waals surface area contributed by atoms with Crippen LogP contribution in [0, 0.1) is 13.8 Å². The fourth-order valence-electron chi connectivity index (χ4n) is 3.57. The van der Waals surface area contributed by atoms with Gasteiger partial charge < -0.3 is 9.32 Å². The number of aryl methyl sites for hydroxylation is 2. The smallest absolute Gasteiger partial charge is 0.282 e. The lowest BCUT2D eigenvalue weighted by molar-refractivity contribution is 0.0692. The monoisotopic (exact) mass is 369 g/mol. The van der Waals surface area contributed by atoms with Gasteiger partial charge in [0.25, 0.3) is 16.1 Å². The molecular weight excluding hydrogens is 342 g/mol. The summed E-state index contributed by atoms with van der Waals surface area (Å²) in [5.74, 6) is 1.24. The lowest BCUT2D eigenvalue weighted by Gasteiger charge is -2.36. The standard InChI is InChI=1S/C17H27N3O4S/c1-14-13-16(15(2)24-14)17(21)18-9-11-20(12-10-18)25(22,23)19-7-5-3-4-6-8-19/h13H,3-12H2,1-2H3. The number of piperazine rings is 1. The summed E-state index contributed by atoms with van der Waals surface area (Å²) in [7, 11) is -3.42. The van der Waals surface area contributed by atoms with Crippen LogP contribution in [0.4, 0.5) is 0 Å². The van der Waals surface area contributed by atoms with Crippen molar-refractivity contribution in [3.05, 3.63) is 23.2 Å². The first-order valence-electron chi connectivity index (χ1n) is 9.01. The molecule has 0 atom stereocenters. The largest absolute Gasteiger partial charge is 0.466 e. The van der Waals surface area contributed by atoms with Gasteiger partial charge in [0, 0.05) is 39.3 Å². The summed E-state index contributed by atoms with van der Waals surface area (Å²) in [4.78, 5) is 14.3. The number of hydrogen-bond donors (Lipinski definition) is 0. The summed E-state index contributed by atoms with van der Waals surface area (Å²) in [5.41, 5.74) is 0.571. The highest BCUT2D eigenvalue weighted by Gasteiger charge is 2.34. The Morgan fingerprint density at radius 1 is 0.920 bits per heavy atom. The number of carbonyl (C=O) groups is 1. The fourth-order valence-corrected chi connectivity index (χ4v) is 5.24.